The highest BCUT2D eigenvalue weighted by Crippen LogP contribution is 2.37. The Morgan fingerprint density at radius 3 is 2.38 bits per heavy atom. The highest BCUT2D eigenvalue weighted by Gasteiger charge is 2.14. The zero-order valence-electron chi connectivity index (χ0n) is 15.0. The average molecular weight is 341 g/mol. The lowest BCUT2D eigenvalue weighted by Crippen LogP contribution is -1.97. The third-order valence-corrected chi connectivity index (χ3v) is 4.78. The van der Waals surface area contributed by atoms with Crippen LogP contribution in [0.2, 0.25) is 0 Å². The lowest BCUT2D eigenvalue weighted by molar-refractivity contribution is 0.305. The van der Waals surface area contributed by atoms with Gasteiger partial charge < -0.3 is 9.47 Å². The minimum atomic E-state index is 0.879. The monoisotopic (exact) mass is 341 g/mol. The highest BCUT2D eigenvalue weighted by atomic mass is 16.5. The third-order valence-electron chi connectivity index (χ3n) is 4.78. The van der Waals surface area contributed by atoms with E-state index in [1.807, 2.05) is 6.07 Å². The summed E-state index contributed by atoms with van der Waals surface area (Å²) in [5.74, 6) is 1.81. The molecule has 4 rings (SSSR count). The number of rotatable bonds is 4. The van der Waals surface area contributed by atoms with Gasteiger partial charge in [-0.25, -0.2) is 0 Å². The molecule has 1 aliphatic carbocycles. The van der Waals surface area contributed by atoms with Gasteiger partial charge in [0.05, 0.1) is 14.2 Å². The predicted molar refractivity (Wildman–Crippen MR) is 108 cm³/mol. The third kappa shape index (κ3) is 2.99. The minimum absolute atomic E-state index is 0.879. The molecule has 1 aliphatic rings. The first kappa shape index (κ1) is 16.5. The normalized spacial score (nSPS) is 13.9. The molecule has 0 fully saturated rings. The summed E-state index contributed by atoms with van der Waals surface area (Å²) in [6.45, 7) is 0. The smallest absolute Gasteiger partial charge is 0.127 e. The molecule has 0 aromatic heterocycles. The van der Waals surface area contributed by atoms with E-state index >= 15 is 0 Å². The molecule has 3 aromatic carbocycles. The van der Waals surface area contributed by atoms with E-state index < -0.39 is 0 Å². The van der Waals surface area contributed by atoms with E-state index in [-0.39, 0.29) is 0 Å². The molecule has 0 aliphatic heterocycles. The summed E-state index contributed by atoms with van der Waals surface area (Å²) in [7, 11) is 3.44. The molecule has 0 saturated heterocycles. The van der Waals surface area contributed by atoms with Gasteiger partial charge in [0.1, 0.15) is 11.5 Å². The minimum Gasteiger partial charge on any atom is -0.497 e. The second-order valence-corrected chi connectivity index (χ2v) is 6.30. The topological polar surface area (TPSA) is 18.5 Å². The number of hydrogen-bond donors (Lipinski definition) is 0. The van der Waals surface area contributed by atoms with Crippen molar-refractivity contribution in [2.45, 2.75) is 6.42 Å². The van der Waals surface area contributed by atoms with Crippen molar-refractivity contribution in [3.63, 3.8) is 0 Å². The fraction of sp³-hybridized carbons (Fsp3) is 0.125. The maximum absolute atomic E-state index is 5.66. The van der Waals surface area contributed by atoms with E-state index in [0.717, 1.165) is 28.9 Å². The maximum Gasteiger partial charge on any atom is 0.127 e. The van der Waals surface area contributed by atoms with Crippen molar-refractivity contribution in [3.05, 3.63) is 90.6 Å². The number of hydrogen-bond acceptors (Lipinski definition) is 2. The van der Waals surface area contributed by atoms with Crippen molar-refractivity contribution in [1.29, 1.82) is 0 Å². The Balaban J connectivity index is 1.89. The van der Waals surface area contributed by atoms with E-state index in [9.17, 15) is 0 Å². The van der Waals surface area contributed by atoms with Gasteiger partial charge in [0.15, 0.2) is 0 Å². The van der Waals surface area contributed by atoms with Crippen molar-refractivity contribution in [1.82, 2.24) is 0 Å². The Morgan fingerprint density at radius 1 is 0.808 bits per heavy atom. The molecule has 0 unspecified atom stereocenters. The summed E-state index contributed by atoms with van der Waals surface area (Å²) < 4.78 is 11.1. The molecule has 2 heteroatoms. The van der Waals surface area contributed by atoms with Crippen molar-refractivity contribution in [3.8, 4) is 16.9 Å². The number of fused-ring (bicyclic) bond motifs is 1. The van der Waals surface area contributed by atoms with Crippen LogP contribution in [-0.2, 0) is 4.74 Å². The van der Waals surface area contributed by atoms with Crippen LogP contribution in [0.25, 0.3) is 27.5 Å². The fourth-order valence-electron chi connectivity index (χ4n) is 3.49. The van der Waals surface area contributed by atoms with Crippen LogP contribution in [0.5, 0.6) is 5.75 Å². The SMILES string of the molecule is COC1=CC[CH]C(c2ccccc2-c2cc(OC)c3ccccc3c2)=C1. The van der Waals surface area contributed by atoms with Crippen LogP contribution >= 0.6 is 0 Å². The van der Waals surface area contributed by atoms with Gasteiger partial charge in [0, 0.05) is 5.39 Å². The molecular weight excluding hydrogens is 320 g/mol. The summed E-state index contributed by atoms with van der Waals surface area (Å²) in [6, 6.07) is 21.2. The first-order chi connectivity index (χ1) is 12.8. The first-order valence-corrected chi connectivity index (χ1v) is 8.76. The van der Waals surface area contributed by atoms with Crippen LogP contribution in [-0.4, -0.2) is 14.2 Å². The Hall–Kier alpha value is -3.00. The van der Waals surface area contributed by atoms with E-state index in [1.165, 1.54) is 22.1 Å². The molecule has 0 N–H and O–H groups in total. The molecule has 3 aromatic rings. The van der Waals surface area contributed by atoms with Gasteiger partial charge in [-0.3, -0.25) is 0 Å². The van der Waals surface area contributed by atoms with Crippen LogP contribution in [0.4, 0.5) is 0 Å². The zero-order chi connectivity index (χ0) is 17.9. The first-order valence-electron chi connectivity index (χ1n) is 8.76. The van der Waals surface area contributed by atoms with E-state index in [1.54, 1.807) is 14.2 Å². The standard InChI is InChI=1S/C24H21O2/c1-25-20-10-7-9-18(15-20)21-11-5-6-12-22(21)19-14-17-8-3-4-13-23(17)24(16-19)26-2/h3-6,8-16H,7H2,1-2H3. The number of ether oxygens (including phenoxy) is 2. The molecule has 26 heavy (non-hydrogen) atoms. The van der Waals surface area contributed by atoms with Crippen LogP contribution in [0.15, 0.2) is 78.6 Å². The van der Waals surface area contributed by atoms with Gasteiger partial charge in [-0.1, -0.05) is 48.5 Å². The molecule has 129 valence electrons. The number of allylic oxidation sites excluding steroid dienone is 3. The van der Waals surface area contributed by atoms with Gasteiger partial charge in [-0.2, -0.15) is 0 Å². The Labute approximate surface area is 154 Å². The number of methoxy groups -OCH3 is 2. The molecule has 0 saturated carbocycles. The van der Waals surface area contributed by atoms with Crippen LogP contribution < -0.4 is 4.74 Å². The van der Waals surface area contributed by atoms with Crippen LogP contribution in [0.1, 0.15) is 12.0 Å². The highest BCUT2D eigenvalue weighted by molar-refractivity contribution is 5.95. The van der Waals surface area contributed by atoms with Gasteiger partial charge in [0.25, 0.3) is 0 Å². The fourth-order valence-corrected chi connectivity index (χ4v) is 3.49. The average Bonchev–Trinajstić information content (AvgIpc) is 2.73. The molecule has 0 atom stereocenters. The summed E-state index contributed by atoms with van der Waals surface area (Å²) in [6.07, 6.45) is 7.30. The second-order valence-electron chi connectivity index (χ2n) is 6.30. The molecule has 0 bridgehead atoms. The quantitative estimate of drug-likeness (QED) is 0.576. The predicted octanol–water partition coefficient (Wildman–Crippen LogP) is 6.04. The Bertz CT molecular complexity index is 1010. The molecule has 0 heterocycles. The number of benzene rings is 3. The van der Waals surface area contributed by atoms with Gasteiger partial charge in [0.2, 0.25) is 0 Å². The molecule has 0 spiro atoms. The molecule has 1 radical (unpaired) electrons. The molecular formula is C24H21O2. The summed E-state index contributed by atoms with van der Waals surface area (Å²) in [5, 5.41) is 2.31. The van der Waals surface area contributed by atoms with Gasteiger partial charge in [-0.05, 0) is 64.8 Å². The van der Waals surface area contributed by atoms with E-state index in [4.69, 9.17) is 9.47 Å². The zero-order valence-corrected chi connectivity index (χ0v) is 15.0. The Morgan fingerprint density at radius 2 is 1.58 bits per heavy atom. The summed E-state index contributed by atoms with van der Waals surface area (Å²) in [5.41, 5.74) is 4.73. The lowest BCUT2D eigenvalue weighted by atomic mass is 9.89. The maximum atomic E-state index is 5.66. The largest absolute Gasteiger partial charge is 0.497 e. The van der Waals surface area contributed by atoms with Crippen molar-refractivity contribution >= 4 is 16.3 Å². The van der Waals surface area contributed by atoms with Gasteiger partial charge >= 0.3 is 0 Å². The van der Waals surface area contributed by atoms with Crippen molar-refractivity contribution in [2.75, 3.05) is 14.2 Å². The van der Waals surface area contributed by atoms with E-state index in [2.05, 4.69) is 73.2 Å². The lowest BCUT2D eigenvalue weighted by Gasteiger charge is -2.17. The van der Waals surface area contributed by atoms with Crippen molar-refractivity contribution < 1.29 is 9.47 Å². The molecule has 2 nitrogen and oxygen atoms in total. The second kappa shape index (κ2) is 7.09. The van der Waals surface area contributed by atoms with Crippen LogP contribution in [0.3, 0.4) is 0 Å². The van der Waals surface area contributed by atoms with Crippen LogP contribution in [0, 0.1) is 6.42 Å². The summed E-state index contributed by atoms with van der Waals surface area (Å²) >= 11 is 0. The Kier molecular flexibility index (Phi) is 4.49. The summed E-state index contributed by atoms with van der Waals surface area (Å²) in [4.78, 5) is 0. The molecule has 0 amide bonds. The van der Waals surface area contributed by atoms with Crippen molar-refractivity contribution in [2.24, 2.45) is 0 Å². The van der Waals surface area contributed by atoms with Gasteiger partial charge in [-0.15, -0.1) is 0 Å². The van der Waals surface area contributed by atoms with E-state index in [0.29, 0.717) is 0 Å².